The number of nitrogens with one attached hydrogen (secondary N) is 2. The van der Waals surface area contributed by atoms with Crippen molar-refractivity contribution in [2.75, 3.05) is 6.61 Å². The Morgan fingerprint density at radius 3 is 2.74 bits per heavy atom. The lowest BCUT2D eigenvalue weighted by Crippen LogP contribution is -2.56. The second-order valence-corrected chi connectivity index (χ2v) is 4.22. The molecule has 1 atom stereocenters. The van der Waals surface area contributed by atoms with E-state index in [2.05, 4.69) is 10.8 Å². The number of hydrogen-bond donors (Lipinski definition) is 2. The van der Waals surface area contributed by atoms with E-state index in [0.29, 0.717) is 25.0 Å². The largest absolute Gasteiger partial charge is 0.331 e. The van der Waals surface area contributed by atoms with E-state index in [0.717, 1.165) is 12.8 Å². The van der Waals surface area contributed by atoms with Gasteiger partial charge in [-0.25, -0.2) is 10.3 Å². The van der Waals surface area contributed by atoms with Gasteiger partial charge in [-0.2, -0.15) is 0 Å². The van der Waals surface area contributed by atoms with Crippen LogP contribution in [0.15, 0.2) is 30.3 Å². The van der Waals surface area contributed by atoms with Crippen molar-refractivity contribution in [1.82, 2.24) is 10.8 Å². The van der Waals surface area contributed by atoms with Crippen LogP contribution in [0.2, 0.25) is 0 Å². The van der Waals surface area contributed by atoms with Gasteiger partial charge < -0.3 is 4.74 Å². The van der Waals surface area contributed by atoms with Crippen LogP contribution in [0.1, 0.15) is 29.6 Å². The average molecular weight is 264 g/mol. The number of benzene rings is 1. The second-order valence-electron chi connectivity index (χ2n) is 4.22. The minimum absolute atomic E-state index is 0.310. The van der Waals surface area contributed by atoms with E-state index in [1.165, 1.54) is 0 Å². The molecule has 19 heavy (non-hydrogen) atoms. The van der Waals surface area contributed by atoms with Crippen LogP contribution in [-0.4, -0.2) is 24.8 Å². The predicted octanol–water partition coefficient (Wildman–Crippen LogP) is 0.948. The van der Waals surface area contributed by atoms with Crippen molar-refractivity contribution < 1.29 is 19.2 Å². The van der Waals surface area contributed by atoms with E-state index < -0.39 is 5.91 Å². The highest BCUT2D eigenvalue weighted by molar-refractivity contribution is 5.94. The third-order valence-electron chi connectivity index (χ3n) is 2.85. The normalized spacial score (nSPS) is 22.5. The third kappa shape index (κ3) is 3.52. The summed E-state index contributed by atoms with van der Waals surface area (Å²) in [5.74, 6) is -1.60. The maximum Gasteiger partial charge on any atom is 0.274 e. The van der Waals surface area contributed by atoms with Gasteiger partial charge in [-0.15, -0.1) is 0 Å². The fourth-order valence-corrected chi connectivity index (χ4v) is 1.93. The molecule has 2 N–H and O–H groups in total. The molecule has 2 rings (SSSR count). The van der Waals surface area contributed by atoms with E-state index in [-0.39, 0.29) is 5.91 Å². The predicted molar refractivity (Wildman–Crippen MR) is 66.7 cm³/mol. The van der Waals surface area contributed by atoms with Crippen LogP contribution < -0.4 is 10.8 Å². The average Bonchev–Trinajstić information content (AvgIpc) is 2.47. The molecule has 1 aliphatic rings. The molecule has 0 radical (unpaired) electrons. The first-order valence-electron chi connectivity index (χ1n) is 6.14. The molecule has 1 heterocycles. The Hall–Kier alpha value is -1.92. The zero-order valence-corrected chi connectivity index (χ0v) is 10.4. The van der Waals surface area contributed by atoms with Crippen LogP contribution in [-0.2, 0) is 14.4 Å². The molecule has 1 fully saturated rings. The van der Waals surface area contributed by atoms with Crippen LogP contribution in [0.5, 0.6) is 0 Å². The van der Waals surface area contributed by atoms with Gasteiger partial charge in [-0.1, -0.05) is 18.2 Å². The molecular weight excluding hydrogens is 248 g/mol. The molecule has 1 aliphatic heterocycles. The third-order valence-corrected chi connectivity index (χ3v) is 2.85. The van der Waals surface area contributed by atoms with Crippen LogP contribution in [0.3, 0.4) is 0 Å². The molecule has 6 heteroatoms. The lowest BCUT2D eigenvalue weighted by molar-refractivity contribution is -0.288. The van der Waals surface area contributed by atoms with E-state index >= 15 is 0 Å². The molecule has 1 aromatic rings. The van der Waals surface area contributed by atoms with Gasteiger partial charge in [0.15, 0.2) is 0 Å². The van der Waals surface area contributed by atoms with Gasteiger partial charge in [0, 0.05) is 12.0 Å². The zero-order chi connectivity index (χ0) is 13.6. The number of carbonyl (C=O) groups excluding carboxylic acids is 2. The van der Waals surface area contributed by atoms with Crippen molar-refractivity contribution >= 4 is 12.3 Å². The summed E-state index contributed by atoms with van der Waals surface area (Å²) in [5, 5.41) is 2.68. The van der Waals surface area contributed by atoms with Crippen molar-refractivity contribution in [3.63, 3.8) is 0 Å². The first-order valence-corrected chi connectivity index (χ1v) is 6.14. The van der Waals surface area contributed by atoms with Gasteiger partial charge in [0.25, 0.3) is 11.8 Å². The standard InChI is InChI=1S/C13H16N2O4/c16-10-14-19-13(8-4-5-9-18-13)15-12(17)11-6-2-1-3-7-11/h1-3,6-7,10H,4-5,8-9H2,(H,14,16)(H,15,17)/t13-/m1/s1. The fraction of sp³-hybridized carbons (Fsp3) is 0.385. The molecule has 0 aromatic heterocycles. The lowest BCUT2D eigenvalue weighted by atomic mass is 10.1. The van der Waals surface area contributed by atoms with Crippen LogP contribution >= 0.6 is 0 Å². The van der Waals surface area contributed by atoms with Crippen molar-refractivity contribution in [3.8, 4) is 0 Å². The SMILES string of the molecule is O=CNO[C@@]1(NC(=O)c2ccccc2)CCCCO1. The molecule has 0 spiro atoms. The molecule has 0 bridgehead atoms. The number of hydrogen-bond acceptors (Lipinski definition) is 4. The van der Waals surface area contributed by atoms with Gasteiger partial charge in [-0.3, -0.25) is 14.9 Å². The Morgan fingerprint density at radius 1 is 1.32 bits per heavy atom. The van der Waals surface area contributed by atoms with Crippen molar-refractivity contribution in [2.24, 2.45) is 0 Å². The molecule has 102 valence electrons. The summed E-state index contributed by atoms with van der Waals surface area (Å²) in [4.78, 5) is 27.6. The summed E-state index contributed by atoms with van der Waals surface area (Å²) in [6.45, 7) is 0.468. The van der Waals surface area contributed by atoms with Crippen molar-refractivity contribution in [3.05, 3.63) is 35.9 Å². The van der Waals surface area contributed by atoms with Gasteiger partial charge in [0.2, 0.25) is 6.41 Å². The molecule has 1 saturated heterocycles. The first-order chi connectivity index (χ1) is 9.26. The molecule has 0 saturated carbocycles. The van der Waals surface area contributed by atoms with Gasteiger partial charge in [0.1, 0.15) is 0 Å². The number of amides is 2. The molecule has 0 unspecified atom stereocenters. The van der Waals surface area contributed by atoms with E-state index in [1.54, 1.807) is 24.3 Å². The summed E-state index contributed by atoms with van der Waals surface area (Å²) in [5.41, 5.74) is 2.60. The molecule has 0 aliphatic carbocycles. The van der Waals surface area contributed by atoms with Crippen molar-refractivity contribution in [1.29, 1.82) is 0 Å². The van der Waals surface area contributed by atoms with E-state index in [9.17, 15) is 9.59 Å². The number of hydroxylamine groups is 1. The zero-order valence-electron chi connectivity index (χ0n) is 10.4. The Balaban J connectivity index is 2.07. The van der Waals surface area contributed by atoms with Crippen LogP contribution in [0.4, 0.5) is 0 Å². The van der Waals surface area contributed by atoms with Gasteiger partial charge in [-0.05, 0) is 25.0 Å². The maximum atomic E-state index is 12.1. The first kappa shape index (κ1) is 13.5. The van der Waals surface area contributed by atoms with Crippen LogP contribution in [0, 0.1) is 0 Å². The molecular formula is C13H16N2O4. The Labute approximate surface area is 111 Å². The molecule has 2 amide bonds. The maximum absolute atomic E-state index is 12.1. The van der Waals surface area contributed by atoms with Gasteiger partial charge >= 0.3 is 0 Å². The summed E-state index contributed by atoms with van der Waals surface area (Å²) in [7, 11) is 0. The highest BCUT2D eigenvalue weighted by Crippen LogP contribution is 2.23. The Kier molecular flexibility index (Phi) is 4.48. The number of carbonyl (C=O) groups is 2. The topological polar surface area (TPSA) is 76.7 Å². The van der Waals surface area contributed by atoms with E-state index in [1.807, 2.05) is 6.07 Å². The quantitative estimate of drug-likeness (QED) is 0.471. The second kappa shape index (κ2) is 6.31. The highest BCUT2D eigenvalue weighted by Gasteiger charge is 2.37. The minimum atomic E-state index is -1.29. The summed E-state index contributed by atoms with van der Waals surface area (Å²) in [6.07, 6.45) is 2.61. The van der Waals surface area contributed by atoms with Gasteiger partial charge in [0.05, 0.1) is 6.61 Å². The summed E-state index contributed by atoms with van der Waals surface area (Å²) in [6, 6.07) is 8.76. The number of ether oxygens (including phenoxy) is 1. The molecule has 1 aromatic carbocycles. The summed E-state index contributed by atoms with van der Waals surface area (Å²) >= 11 is 0. The smallest absolute Gasteiger partial charge is 0.274 e. The highest BCUT2D eigenvalue weighted by atomic mass is 16.8. The monoisotopic (exact) mass is 264 g/mol. The van der Waals surface area contributed by atoms with Crippen LogP contribution in [0.25, 0.3) is 0 Å². The fourth-order valence-electron chi connectivity index (χ4n) is 1.93. The van der Waals surface area contributed by atoms with E-state index in [4.69, 9.17) is 9.57 Å². The minimum Gasteiger partial charge on any atom is -0.331 e. The number of rotatable bonds is 5. The molecule has 6 nitrogen and oxygen atoms in total. The Morgan fingerprint density at radius 2 is 2.11 bits per heavy atom. The summed E-state index contributed by atoms with van der Waals surface area (Å²) < 4.78 is 5.48. The Bertz CT molecular complexity index is 430. The lowest BCUT2D eigenvalue weighted by Gasteiger charge is -2.35. The van der Waals surface area contributed by atoms with Crippen molar-refractivity contribution in [2.45, 2.75) is 25.2 Å².